The van der Waals surface area contributed by atoms with Crippen LogP contribution in [0.5, 0.6) is 5.75 Å². The average molecular weight is 346 g/mol. The highest BCUT2D eigenvalue weighted by atomic mass is 16.7. The Labute approximate surface area is 153 Å². The number of hydrogen-bond acceptors (Lipinski definition) is 4. The molecule has 0 fully saturated rings. The van der Waals surface area contributed by atoms with Crippen molar-refractivity contribution in [2.45, 2.75) is 33.0 Å². The maximum Gasteiger partial charge on any atom is 0.230 e. The Kier molecular flexibility index (Phi) is 4.67. The molecule has 1 aliphatic rings. The van der Waals surface area contributed by atoms with Crippen LogP contribution in [0.2, 0.25) is 0 Å². The molecule has 0 amide bonds. The smallest absolute Gasteiger partial charge is 0.230 e. The Morgan fingerprint density at radius 1 is 1.12 bits per heavy atom. The first-order valence-electron chi connectivity index (χ1n) is 9.08. The standard InChI is InChI=1S/C22H22N2O2/c1-3-4-12-25-22-18-14-23-21(16-9-7-8-15(2)13-16)24-20(18)17-10-5-6-11-19(17)26-22/h5-11,13-14,22H,3-4,12H2,1-2H3. The molecule has 0 N–H and O–H groups in total. The molecule has 26 heavy (non-hydrogen) atoms. The number of unbranched alkanes of at least 4 members (excludes halogenated alkanes) is 1. The Morgan fingerprint density at radius 2 is 2.00 bits per heavy atom. The van der Waals surface area contributed by atoms with E-state index in [1.54, 1.807) is 0 Å². The van der Waals surface area contributed by atoms with Crippen LogP contribution in [0.15, 0.2) is 54.7 Å². The molecule has 0 saturated carbocycles. The third kappa shape index (κ3) is 3.20. The second kappa shape index (κ2) is 7.26. The van der Waals surface area contributed by atoms with Crippen LogP contribution in [0.25, 0.3) is 22.6 Å². The predicted molar refractivity (Wildman–Crippen MR) is 102 cm³/mol. The van der Waals surface area contributed by atoms with Crippen LogP contribution in [0, 0.1) is 6.92 Å². The van der Waals surface area contributed by atoms with Gasteiger partial charge in [0.2, 0.25) is 6.29 Å². The SMILES string of the molecule is CCCCOC1Oc2ccccc2-c2nc(-c3cccc(C)c3)ncc21. The van der Waals surface area contributed by atoms with Gasteiger partial charge in [0.25, 0.3) is 0 Å². The zero-order chi connectivity index (χ0) is 17.9. The highest BCUT2D eigenvalue weighted by Gasteiger charge is 2.28. The fourth-order valence-electron chi connectivity index (χ4n) is 3.10. The molecule has 2 heterocycles. The van der Waals surface area contributed by atoms with Gasteiger partial charge in [-0.05, 0) is 31.5 Å². The molecule has 132 valence electrons. The van der Waals surface area contributed by atoms with Crippen LogP contribution in [-0.4, -0.2) is 16.6 Å². The van der Waals surface area contributed by atoms with E-state index in [0.717, 1.165) is 46.8 Å². The lowest BCUT2D eigenvalue weighted by Gasteiger charge is -2.27. The zero-order valence-electron chi connectivity index (χ0n) is 15.1. The van der Waals surface area contributed by atoms with Crippen LogP contribution < -0.4 is 4.74 Å². The lowest BCUT2D eigenvalue weighted by Crippen LogP contribution is -2.19. The Hall–Kier alpha value is -2.72. The lowest BCUT2D eigenvalue weighted by atomic mass is 10.0. The summed E-state index contributed by atoms with van der Waals surface area (Å²) in [5, 5.41) is 0. The number of para-hydroxylation sites is 1. The summed E-state index contributed by atoms with van der Waals surface area (Å²) < 4.78 is 12.0. The van der Waals surface area contributed by atoms with Gasteiger partial charge in [-0.15, -0.1) is 0 Å². The summed E-state index contributed by atoms with van der Waals surface area (Å²) >= 11 is 0. The maximum atomic E-state index is 6.07. The quantitative estimate of drug-likeness (QED) is 0.586. The summed E-state index contributed by atoms with van der Waals surface area (Å²) in [4.78, 5) is 9.46. The number of fused-ring (bicyclic) bond motifs is 3. The van der Waals surface area contributed by atoms with Gasteiger partial charge in [-0.2, -0.15) is 0 Å². The molecule has 0 saturated heterocycles. The topological polar surface area (TPSA) is 44.2 Å². The summed E-state index contributed by atoms with van der Waals surface area (Å²) in [5.74, 6) is 1.52. The second-order valence-electron chi connectivity index (χ2n) is 6.54. The third-order valence-electron chi connectivity index (χ3n) is 4.49. The Bertz CT molecular complexity index is 924. The van der Waals surface area contributed by atoms with Gasteiger partial charge < -0.3 is 9.47 Å². The minimum atomic E-state index is -0.460. The number of hydrogen-bond donors (Lipinski definition) is 0. The van der Waals surface area contributed by atoms with Gasteiger partial charge in [-0.25, -0.2) is 9.97 Å². The molecule has 1 aromatic heterocycles. The molecule has 0 radical (unpaired) electrons. The Balaban J connectivity index is 1.77. The van der Waals surface area contributed by atoms with E-state index >= 15 is 0 Å². The molecular formula is C22H22N2O2. The molecule has 0 bridgehead atoms. The molecule has 1 unspecified atom stereocenters. The van der Waals surface area contributed by atoms with E-state index in [9.17, 15) is 0 Å². The molecule has 0 spiro atoms. The summed E-state index contributed by atoms with van der Waals surface area (Å²) in [6, 6.07) is 16.2. The van der Waals surface area contributed by atoms with Gasteiger partial charge in [-0.3, -0.25) is 0 Å². The first kappa shape index (κ1) is 16.7. The second-order valence-corrected chi connectivity index (χ2v) is 6.54. The number of rotatable bonds is 5. The van der Waals surface area contributed by atoms with Crippen molar-refractivity contribution >= 4 is 0 Å². The molecule has 0 aliphatic carbocycles. The maximum absolute atomic E-state index is 6.07. The first-order valence-corrected chi connectivity index (χ1v) is 9.08. The number of ether oxygens (including phenoxy) is 2. The molecule has 2 aromatic carbocycles. The van der Waals surface area contributed by atoms with Gasteiger partial charge in [0.05, 0.1) is 17.9 Å². The van der Waals surface area contributed by atoms with Crippen molar-refractivity contribution in [2.75, 3.05) is 6.61 Å². The van der Waals surface area contributed by atoms with Crippen molar-refractivity contribution in [3.05, 3.63) is 65.9 Å². The highest BCUT2D eigenvalue weighted by Crippen LogP contribution is 2.41. The third-order valence-corrected chi connectivity index (χ3v) is 4.49. The predicted octanol–water partition coefficient (Wildman–Crippen LogP) is 5.33. The fraction of sp³-hybridized carbons (Fsp3) is 0.273. The highest BCUT2D eigenvalue weighted by molar-refractivity contribution is 5.73. The van der Waals surface area contributed by atoms with Crippen molar-refractivity contribution in [2.24, 2.45) is 0 Å². The number of aromatic nitrogens is 2. The van der Waals surface area contributed by atoms with Gasteiger partial charge in [0, 0.05) is 17.3 Å². The zero-order valence-corrected chi connectivity index (χ0v) is 15.1. The first-order chi connectivity index (χ1) is 12.8. The molecule has 4 heteroatoms. The summed E-state index contributed by atoms with van der Waals surface area (Å²) in [6.45, 7) is 4.87. The molecule has 4 rings (SSSR count). The van der Waals surface area contributed by atoms with Gasteiger partial charge >= 0.3 is 0 Å². The van der Waals surface area contributed by atoms with Crippen molar-refractivity contribution in [1.82, 2.24) is 9.97 Å². The molecule has 1 atom stereocenters. The molecular weight excluding hydrogens is 324 g/mol. The molecule has 3 aromatic rings. The Morgan fingerprint density at radius 3 is 2.85 bits per heavy atom. The van der Waals surface area contributed by atoms with Gasteiger partial charge in [0.1, 0.15) is 5.75 Å². The van der Waals surface area contributed by atoms with Crippen molar-refractivity contribution in [1.29, 1.82) is 0 Å². The van der Waals surface area contributed by atoms with Gasteiger partial charge in [-0.1, -0.05) is 49.2 Å². The average Bonchev–Trinajstić information content (AvgIpc) is 2.68. The van der Waals surface area contributed by atoms with E-state index in [-0.39, 0.29) is 0 Å². The van der Waals surface area contributed by atoms with Crippen LogP contribution in [0.3, 0.4) is 0 Å². The van der Waals surface area contributed by atoms with Crippen LogP contribution in [-0.2, 0) is 4.74 Å². The van der Waals surface area contributed by atoms with E-state index in [1.807, 2.05) is 42.6 Å². The number of aryl methyl sites for hydroxylation is 1. The van der Waals surface area contributed by atoms with Crippen molar-refractivity contribution in [3.8, 4) is 28.4 Å². The van der Waals surface area contributed by atoms with E-state index in [4.69, 9.17) is 14.5 Å². The lowest BCUT2D eigenvalue weighted by molar-refractivity contribution is -0.0861. The van der Waals surface area contributed by atoms with Crippen LogP contribution in [0.1, 0.15) is 37.2 Å². The summed E-state index contributed by atoms with van der Waals surface area (Å²) in [7, 11) is 0. The summed E-state index contributed by atoms with van der Waals surface area (Å²) in [5.41, 5.74) is 4.96. The van der Waals surface area contributed by atoms with E-state index in [0.29, 0.717) is 6.61 Å². The monoisotopic (exact) mass is 346 g/mol. The molecule has 4 nitrogen and oxygen atoms in total. The van der Waals surface area contributed by atoms with E-state index in [2.05, 4.69) is 31.0 Å². The largest absolute Gasteiger partial charge is 0.460 e. The minimum Gasteiger partial charge on any atom is -0.460 e. The number of benzene rings is 2. The van der Waals surface area contributed by atoms with E-state index < -0.39 is 6.29 Å². The van der Waals surface area contributed by atoms with Crippen molar-refractivity contribution in [3.63, 3.8) is 0 Å². The van der Waals surface area contributed by atoms with Crippen LogP contribution >= 0.6 is 0 Å². The van der Waals surface area contributed by atoms with E-state index in [1.165, 1.54) is 5.56 Å². The van der Waals surface area contributed by atoms with Gasteiger partial charge in [0.15, 0.2) is 5.82 Å². The molecule has 1 aliphatic heterocycles. The fourth-order valence-corrected chi connectivity index (χ4v) is 3.10. The van der Waals surface area contributed by atoms with Crippen LogP contribution in [0.4, 0.5) is 0 Å². The minimum absolute atomic E-state index is 0.460. The normalized spacial score (nSPS) is 15.1. The van der Waals surface area contributed by atoms with Crippen molar-refractivity contribution < 1.29 is 9.47 Å². The number of nitrogens with zero attached hydrogens (tertiary/aromatic N) is 2. The summed E-state index contributed by atoms with van der Waals surface area (Å²) in [6.07, 6.45) is 3.46.